The lowest BCUT2D eigenvalue weighted by Gasteiger charge is -2.18. The highest BCUT2D eigenvalue weighted by Crippen LogP contribution is 2.29. The summed E-state index contributed by atoms with van der Waals surface area (Å²) < 4.78 is 0. The average molecular weight is 219 g/mol. The Morgan fingerprint density at radius 2 is 1.88 bits per heavy atom. The maximum atomic E-state index is 4.72. The van der Waals surface area contributed by atoms with E-state index in [9.17, 15) is 0 Å². The topological polar surface area (TPSA) is 12.4 Å². The van der Waals surface area contributed by atoms with Gasteiger partial charge in [0.1, 0.15) is 0 Å². The highest BCUT2D eigenvalue weighted by Gasteiger charge is 2.20. The van der Waals surface area contributed by atoms with Gasteiger partial charge in [-0.25, -0.2) is 0 Å². The molecule has 0 amide bonds. The van der Waals surface area contributed by atoms with Crippen molar-refractivity contribution in [3.8, 4) is 0 Å². The maximum Gasteiger partial charge on any atom is 0.0433 e. The van der Waals surface area contributed by atoms with Gasteiger partial charge in [-0.05, 0) is 32.3 Å². The first-order valence-corrected chi connectivity index (χ1v) is 6.51. The van der Waals surface area contributed by atoms with Crippen molar-refractivity contribution in [1.82, 2.24) is 0 Å². The first-order valence-electron chi connectivity index (χ1n) is 6.51. The lowest BCUT2D eigenvalue weighted by atomic mass is 9.87. The lowest BCUT2D eigenvalue weighted by molar-refractivity contribution is 0.561. The van der Waals surface area contributed by atoms with Gasteiger partial charge < -0.3 is 0 Å². The molecule has 90 valence electrons. The van der Waals surface area contributed by atoms with E-state index in [1.54, 1.807) is 0 Å². The van der Waals surface area contributed by atoms with E-state index in [1.807, 2.05) is 0 Å². The van der Waals surface area contributed by atoms with Crippen LogP contribution in [0.2, 0.25) is 0 Å². The first kappa shape index (κ1) is 13.2. The van der Waals surface area contributed by atoms with Crippen molar-refractivity contribution < 1.29 is 0 Å². The standard InChI is InChI=1S/C15H25N/c1-6-13(7-2)14-9-12(4)10-15(5,8-3)11-16-14/h9-11,13H,6-8H2,1-5H3. The summed E-state index contributed by atoms with van der Waals surface area (Å²) in [7, 11) is 0. The van der Waals surface area contributed by atoms with Crippen molar-refractivity contribution in [3.63, 3.8) is 0 Å². The molecule has 0 fully saturated rings. The zero-order valence-corrected chi connectivity index (χ0v) is 11.4. The highest BCUT2D eigenvalue weighted by molar-refractivity contribution is 5.71. The fourth-order valence-corrected chi connectivity index (χ4v) is 2.22. The van der Waals surface area contributed by atoms with Crippen LogP contribution in [0.4, 0.5) is 0 Å². The number of aliphatic imine (C=N–C) groups is 1. The molecule has 1 aliphatic rings. The van der Waals surface area contributed by atoms with Crippen molar-refractivity contribution in [3.05, 3.63) is 23.4 Å². The van der Waals surface area contributed by atoms with Gasteiger partial charge in [-0.1, -0.05) is 39.3 Å². The highest BCUT2D eigenvalue weighted by atomic mass is 14.8. The molecule has 1 rings (SSSR count). The first-order chi connectivity index (χ1) is 7.54. The summed E-state index contributed by atoms with van der Waals surface area (Å²) in [6.07, 6.45) is 10.2. The molecular formula is C15H25N. The Morgan fingerprint density at radius 3 is 2.38 bits per heavy atom. The molecule has 0 saturated heterocycles. The molecule has 0 aliphatic carbocycles. The third-order valence-corrected chi connectivity index (χ3v) is 3.61. The zero-order valence-electron chi connectivity index (χ0n) is 11.4. The second kappa shape index (κ2) is 5.47. The molecule has 0 aromatic rings. The molecule has 0 bridgehead atoms. The molecule has 0 aromatic carbocycles. The summed E-state index contributed by atoms with van der Waals surface area (Å²) in [5.74, 6) is 0.610. The maximum absolute atomic E-state index is 4.72. The van der Waals surface area contributed by atoms with Crippen LogP contribution in [-0.4, -0.2) is 6.21 Å². The molecule has 1 aliphatic heterocycles. The van der Waals surface area contributed by atoms with Crippen molar-refractivity contribution >= 4 is 6.21 Å². The summed E-state index contributed by atoms with van der Waals surface area (Å²) in [6, 6.07) is 0. The minimum absolute atomic E-state index is 0.133. The predicted octanol–water partition coefficient (Wildman–Crippen LogP) is 4.75. The Morgan fingerprint density at radius 1 is 1.25 bits per heavy atom. The quantitative estimate of drug-likeness (QED) is 0.647. The van der Waals surface area contributed by atoms with Crippen LogP contribution < -0.4 is 0 Å². The van der Waals surface area contributed by atoms with E-state index in [1.165, 1.54) is 24.1 Å². The van der Waals surface area contributed by atoms with Gasteiger partial charge in [-0.3, -0.25) is 4.99 Å². The van der Waals surface area contributed by atoms with Crippen LogP contribution >= 0.6 is 0 Å². The molecule has 16 heavy (non-hydrogen) atoms. The van der Waals surface area contributed by atoms with E-state index in [-0.39, 0.29) is 5.41 Å². The Hall–Kier alpha value is -0.850. The fraction of sp³-hybridized carbons (Fsp3) is 0.667. The molecule has 1 nitrogen and oxygen atoms in total. The molecular weight excluding hydrogens is 194 g/mol. The molecule has 0 spiro atoms. The largest absolute Gasteiger partial charge is 0.264 e. The van der Waals surface area contributed by atoms with Crippen molar-refractivity contribution in [1.29, 1.82) is 0 Å². The Bertz CT molecular complexity index is 318. The average Bonchev–Trinajstić information content (AvgIpc) is 2.41. The summed E-state index contributed by atoms with van der Waals surface area (Å²) >= 11 is 0. The number of hydrogen-bond acceptors (Lipinski definition) is 1. The van der Waals surface area contributed by atoms with Crippen LogP contribution in [0.1, 0.15) is 53.9 Å². The van der Waals surface area contributed by atoms with Crippen LogP contribution in [0.5, 0.6) is 0 Å². The predicted molar refractivity (Wildman–Crippen MR) is 72.8 cm³/mol. The molecule has 0 saturated carbocycles. The van der Waals surface area contributed by atoms with Gasteiger partial charge in [0.25, 0.3) is 0 Å². The van der Waals surface area contributed by atoms with Crippen LogP contribution in [0.25, 0.3) is 0 Å². The smallest absolute Gasteiger partial charge is 0.0433 e. The molecule has 1 heteroatoms. The Kier molecular flexibility index (Phi) is 4.52. The fourth-order valence-electron chi connectivity index (χ4n) is 2.22. The monoisotopic (exact) mass is 219 g/mol. The molecule has 0 N–H and O–H groups in total. The summed E-state index contributed by atoms with van der Waals surface area (Å²) in [6.45, 7) is 11.1. The van der Waals surface area contributed by atoms with Gasteiger partial charge in [0.15, 0.2) is 0 Å². The molecule has 0 aromatic heterocycles. The van der Waals surface area contributed by atoms with E-state index in [0.29, 0.717) is 5.92 Å². The zero-order chi connectivity index (χ0) is 12.2. The van der Waals surface area contributed by atoms with Crippen molar-refractivity contribution in [2.24, 2.45) is 16.3 Å². The van der Waals surface area contributed by atoms with Crippen LogP contribution in [0.15, 0.2) is 28.4 Å². The van der Waals surface area contributed by atoms with Gasteiger partial charge >= 0.3 is 0 Å². The molecule has 1 atom stereocenters. The van der Waals surface area contributed by atoms with E-state index in [0.717, 1.165) is 6.42 Å². The molecule has 0 radical (unpaired) electrons. The van der Waals surface area contributed by atoms with Gasteiger partial charge in [-0.15, -0.1) is 0 Å². The second-order valence-electron chi connectivity index (χ2n) is 5.09. The minimum atomic E-state index is 0.133. The van der Waals surface area contributed by atoms with Gasteiger partial charge in [0.05, 0.1) is 0 Å². The SMILES string of the molecule is CCC(CC)C1=CC(C)=CC(C)(CC)C=N1. The third kappa shape index (κ3) is 3.07. The van der Waals surface area contributed by atoms with E-state index < -0.39 is 0 Å². The lowest BCUT2D eigenvalue weighted by Crippen LogP contribution is -2.13. The Balaban J connectivity index is 3.00. The Labute approximate surface area is 100 Å². The summed E-state index contributed by atoms with van der Waals surface area (Å²) in [4.78, 5) is 4.72. The number of rotatable bonds is 4. The van der Waals surface area contributed by atoms with Crippen LogP contribution in [0.3, 0.4) is 0 Å². The van der Waals surface area contributed by atoms with E-state index in [2.05, 4.69) is 53.0 Å². The second-order valence-corrected chi connectivity index (χ2v) is 5.09. The third-order valence-electron chi connectivity index (χ3n) is 3.61. The van der Waals surface area contributed by atoms with Gasteiger partial charge in [0.2, 0.25) is 0 Å². The summed E-state index contributed by atoms with van der Waals surface area (Å²) in [5.41, 5.74) is 2.74. The normalized spacial score (nSPS) is 25.4. The van der Waals surface area contributed by atoms with Crippen molar-refractivity contribution in [2.45, 2.75) is 53.9 Å². The van der Waals surface area contributed by atoms with Crippen molar-refractivity contribution in [2.75, 3.05) is 0 Å². The minimum Gasteiger partial charge on any atom is -0.264 e. The molecule has 1 unspecified atom stereocenters. The van der Waals surface area contributed by atoms with E-state index >= 15 is 0 Å². The number of allylic oxidation sites excluding steroid dienone is 4. The van der Waals surface area contributed by atoms with E-state index in [4.69, 9.17) is 4.99 Å². The number of hydrogen-bond donors (Lipinski definition) is 0. The van der Waals surface area contributed by atoms with Gasteiger partial charge in [0, 0.05) is 23.2 Å². The van der Waals surface area contributed by atoms with Gasteiger partial charge in [-0.2, -0.15) is 0 Å². The summed E-state index contributed by atoms with van der Waals surface area (Å²) in [5, 5.41) is 0. The number of nitrogens with zero attached hydrogens (tertiary/aromatic N) is 1. The molecule has 1 heterocycles. The van der Waals surface area contributed by atoms with Crippen LogP contribution in [0, 0.1) is 11.3 Å². The van der Waals surface area contributed by atoms with Crippen LogP contribution in [-0.2, 0) is 0 Å².